The lowest BCUT2D eigenvalue weighted by Crippen LogP contribution is -2.33. The molecule has 3 nitrogen and oxygen atoms in total. The summed E-state index contributed by atoms with van der Waals surface area (Å²) in [5.41, 5.74) is 1.18. The molecule has 0 aliphatic carbocycles. The highest BCUT2D eigenvalue weighted by molar-refractivity contribution is 7.17. The number of hydrogen-bond donors (Lipinski definition) is 1. The van der Waals surface area contributed by atoms with Gasteiger partial charge in [0.2, 0.25) is 0 Å². The van der Waals surface area contributed by atoms with Crippen LogP contribution in [0.4, 0.5) is 0 Å². The van der Waals surface area contributed by atoms with Crippen LogP contribution in [0.15, 0.2) is 29.6 Å². The molecule has 3 rings (SSSR count). The van der Waals surface area contributed by atoms with E-state index in [1.165, 1.54) is 15.6 Å². The molecule has 1 aliphatic heterocycles. The van der Waals surface area contributed by atoms with Gasteiger partial charge in [-0.1, -0.05) is 18.2 Å². The summed E-state index contributed by atoms with van der Waals surface area (Å²) in [4.78, 5) is 14.6. The maximum atomic E-state index is 12.3. The fourth-order valence-corrected chi connectivity index (χ4v) is 3.71. The largest absolute Gasteiger partial charge is 0.315 e. The highest BCUT2D eigenvalue weighted by Crippen LogP contribution is 2.26. The van der Waals surface area contributed by atoms with Gasteiger partial charge in [0.25, 0.3) is 0 Å². The molecule has 0 unspecified atom stereocenters. The van der Waals surface area contributed by atoms with Gasteiger partial charge in [0.1, 0.15) is 0 Å². The van der Waals surface area contributed by atoms with Gasteiger partial charge in [-0.15, -0.1) is 11.3 Å². The number of carbonyl (C=O) groups is 1. The molecule has 1 aliphatic rings. The van der Waals surface area contributed by atoms with Crippen LogP contribution in [0, 0.1) is 0 Å². The second-order valence-electron chi connectivity index (χ2n) is 5.35. The number of rotatable bonds is 4. The van der Waals surface area contributed by atoms with Crippen LogP contribution in [0.5, 0.6) is 0 Å². The molecule has 0 saturated carbocycles. The zero-order valence-corrected chi connectivity index (χ0v) is 12.4. The maximum Gasteiger partial charge on any atom is 0.151 e. The number of benzene rings is 1. The van der Waals surface area contributed by atoms with Crippen LogP contribution in [-0.4, -0.2) is 43.4 Å². The SMILES string of the molecule is O=C(Cc1csc2ccccc12)CN1CCCNCC1. The summed E-state index contributed by atoms with van der Waals surface area (Å²) >= 11 is 1.73. The third-order valence-electron chi connectivity index (χ3n) is 3.78. The molecule has 2 heterocycles. The first-order chi connectivity index (χ1) is 9.83. The van der Waals surface area contributed by atoms with Gasteiger partial charge < -0.3 is 5.32 Å². The monoisotopic (exact) mass is 288 g/mol. The zero-order chi connectivity index (χ0) is 13.8. The van der Waals surface area contributed by atoms with E-state index in [0.29, 0.717) is 18.7 Å². The number of nitrogens with zero attached hydrogens (tertiary/aromatic N) is 1. The highest BCUT2D eigenvalue weighted by atomic mass is 32.1. The third-order valence-corrected chi connectivity index (χ3v) is 4.79. The average Bonchev–Trinajstić information content (AvgIpc) is 2.68. The fourth-order valence-electron chi connectivity index (χ4n) is 2.75. The molecule has 1 fully saturated rings. The number of ketones is 1. The van der Waals surface area contributed by atoms with Crippen molar-refractivity contribution in [1.29, 1.82) is 0 Å². The van der Waals surface area contributed by atoms with Gasteiger partial charge >= 0.3 is 0 Å². The van der Waals surface area contributed by atoms with Crippen molar-refractivity contribution in [3.63, 3.8) is 0 Å². The molecule has 0 bridgehead atoms. The number of hydrogen-bond acceptors (Lipinski definition) is 4. The van der Waals surface area contributed by atoms with E-state index >= 15 is 0 Å². The van der Waals surface area contributed by atoms with Crippen molar-refractivity contribution in [1.82, 2.24) is 10.2 Å². The van der Waals surface area contributed by atoms with Crippen molar-refractivity contribution in [3.8, 4) is 0 Å². The molecule has 0 spiro atoms. The Morgan fingerprint density at radius 3 is 3.10 bits per heavy atom. The van der Waals surface area contributed by atoms with Crippen LogP contribution >= 0.6 is 11.3 Å². The summed E-state index contributed by atoms with van der Waals surface area (Å²) in [6.45, 7) is 4.67. The molecule has 106 valence electrons. The second kappa shape index (κ2) is 6.48. The topological polar surface area (TPSA) is 32.3 Å². The van der Waals surface area contributed by atoms with Gasteiger partial charge in [-0.25, -0.2) is 0 Å². The number of carbonyl (C=O) groups excluding carboxylic acids is 1. The van der Waals surface area contributed by atoms with E-state index in [1.807, 2.05) is 6.07 Å². The average molecular weight is 288 g/mol. The lowest BCUT2D eigenvalue weighted by atomic mass is 10.1. The van der Waals surface area contributed by atoms with E-state index in [2.05, 4.69) is 33.8 Å². The number of Topliss-reactive ketones (excluding diaryl/α,β-unsaturated/α-hetero) is 1. The van der Waals surface area contributed by atoms with Crippen molar-refractivity contribution < 1.29 is 4.79 Å². The Hall–Kier alpha value is -1.23. The maximum absolute atomic E-state index is 12.3. The lowest BCUT2D eigenvalue weighted by molar-refractivity contribution is -0.119. The highest BCUT2D eigenvalue weighted by Gasteiger charge is 2.14. The number of thiophene rings is 1. The molecule has 1 N–H and O–H groups in total. The van der Waals surface area contributed by atoms with Gasteiger partial charge in [0, 0.05) is 24.2 Å². The van der Waals surface area contributed by atoms with Crippen molar-refractivity contribution in [3.05, 3.63) is 35.2 Å². The first-order valence-electron chi connectivity index (χ1n) is 7.23. The van der Waals surface area contributed by atoms with Gasteiger partial charge in [-0.3, -0.25) is 9.69 Å². The van der Waals surface area contributed by atoms with Gasteiger partial charge in [0.05, 0.1) is 6.54 Å². The first kappa shape index (κ1) is 13.7. The van der Waals surface area contributed by atoms with Gasteiger partial charge in [0.15, 0.2) is 5.78 Å². The molecule has 1 aromatic carbocycles. The van der Waals surface area contributed by atoms with E-state index < -0.39 is 0 Å². The normalized spacial score (nSPS) is 17.2. The molecular weight excluding hydrogens is 268 g/mol. The van der Waals surface area contributed by atoms with Crippen LogP contribution < -0.4 is 5.32 Å². The predicted octanol–water partition coefficient (Wildman–Crippen LogP) is 2.31. The van der Waals surface area contributed by atoms with Crippen molar-refractivity contribution >= 4 is 27.2 Å². The van der Waals surface area contributed by atoms with Crippen LogP contribution in [0.1, 0.15) is 12.0 Å². The standard InChI is InChI=1S/C16H20N2OS/c19-14(11-18-8-3-6-17-7-9-18)10-13-12-20-16-5-2-1-4-15(13)16/h1-2,4-5,12,17H,3,6-11H2. The quantitative estimate of drug-likeness (QED) is 0.937. The molecule has 0 radical (unpaired) electrons. The van der Waals surface area contributed by atoms with Gasteiger partial charge in [-0.2, -0.15) is 0 Å². The number of nitrogens with one attached hydrogen (secondary N) is 1. The molecule has 1 saturated heterocycles. The summed E-state index contributed by atoms with van der Waals surface area (Å²) in [6, 6.07) is 8.33. The third kappa shape index (κ3) is 3.26. The first-order valence-corrected chi connectivity index (χ1v) is 8.11. The Kier molecular flexibility index (Phi) is 4.45. The summed E-state index contributed by atoms with van der Waals surface area (Å²) < 4.78 is 1.27. The summed E-state index contributed by atoms with van der Waals surface area (Å²) in [5, 5.41) is 6.74. The van der Waals surface area contributed by atoms with E-state index in [0.717, 1.165) is 32.6 Å². The molecule has 0 atom stereocenters. The fraction of sp³-hybridized carbons (Fsp3) is 0.438. The molecule has 1 aromatic heterocycles. The molecule has 4 heteroatoms. The number of fused-ring (bicyclic) bond motifs is 1. The summed E-state index contributed by atoms with van der Waals surface area (Å²) in [5.74, 6) is 0.329. The van der Waals surface area contributed by atoms with Crippen LogP contribution in [0.2, 0.25) is 0 Å². The Morgan fingerprint density at radius 1 is 1.25 bits per heavy atom. The molecule has 0 amide bonds. The second-order valence-corrected chi connectivity index (χ2v) is 6.26. The lowest BCUT2D eigenvalue weighted by Gasteiger charge is -2.18. The molecular formula is C16H20N2OS. The zero-order valence-electron chi connectivity index (χ0n) is 11.6. The summed E-state index contributed by atoms with van der Waals surface area (Å²) in [7, 11) is 0. The van der Waals surface area contributed by atoms with E-state index in [4.69, 9.17) is 0 Å². The Bertz CT molecular complexity index is 585. The minimum atomic E-state index is 0.329. The Morgan fingerprint density at radius 2 is 2.15 bits per heavy atom. The van der Waals surface area contributed by atoms with E-state index in [-0.39, 0.29) is 0 Å². The molecule has 2 aromatic rings. The van der Waals surface area contributed by atoms with E-state index in [9.17, 15) is 4.79 Å². The Balaban J connectivity index is 1.63. The Labute approximate surface area is 123 Å². The van der Waals surface area contributed by atoms with Crippen molar-refractivity contribution in [2.45, 2.75) is 12.8 Å². The molecule has 20 heavy (non-hydrogen) atoms. The van der Waals surface area contributed by atoms with Crippen LogP contribution in [0.25, 0.3) is 10.1 Å². The minimum Gasteiger partial charge on any atom is -0.315 e. The van der Waals surface area contributed by atoms with Crippen LogP contribution in [0.3, 0.4) is 0 Å². The smallest absolute Gasteiger partial charge is 0.151 e. The van der Waals surface area contributed by atoms with Gasteiger partial charge in [-0.05, 0) is 41.9 Å². The van der Waals surface area contributed by atoms with Crippen molar-refractivity contribution in [2.75, 3.05) is 32.7 Å². The van der Waals surface area contributed by atoms with E-state index in [1.54, 1.807) is 11.3 Å². The van der Waals surface area contributed by atoms with Crippen LogP contribution in [-0.2, 0) is 11.2 Å². The summed E-state index contributed by atoms with van der Waals surface area (Å²) in [6.07, 6.45) is 1.70. The minimum absolute atomic E-state index is 0.329. The van der Waals surface area contributed by atoms with Crippen molar-refractivity contribution in [2.24, 2.45) is 0 Å². The predicted molar refractivity (Wildman–Crippen MR) is 84.5 cm³/mol.